The molecule has 1 aliphatic carbocycles. The lowest BCUT2D eigenvalue weighted by atomic mass is 10.1. The van der Waals surface area contributed by atoms with Crippen molar-refractivity contribution in [2.24, 2.45) is 5.41 Å². The topological polar surface area (TPSA) is 86.7 Å². The summed E-state index contributed by atoms with van der Waals surface area (Å²) in [5, 5.41) is 11.2. The Morgan fingerprint density at radius 3 is 2.45 bits per heavy atom. The molecule has 0 radical (unpaired) electrons. The highest BCUT2D eigenvalue weighted by atomic mass is 19.4. The van der Waals surface area contributed by atoms with E-state index >= 15 is 0 Å². The number of carbonyl (C=O) groups excluding carboxylic acids is 2. The van der Waals surface area contributed by atoms with E-state index in [1.807, 2.05) is 0 Å². The Kier molecular flexibility index (Phi) is 3.39. The van der Waals surface area contributed by atoms with E-state index in [2.05, 4.69) is 5.32 Å². The first-order valence-corrected chi connectivity index (χ1v) is 6.06. The van der Waals surface area contributed by atoms with Crippen molar-refractivity contribution in [2.75, 3.05) is 13.1 Å². The number of halogens is 3. The highest BCUT2D eigenvalue weighted by Gasteiger charge is 2.58. The van der Waals surface area contributed by atoms with E-state index in [0.717, 1.165) is 0 Å². The molecular weight excluding hydrogens is 281 g/mol. The maximum absolute atomic E-state index is 12.2. The van der Waals surface area contributed by atoms with Gasteiger partial charge >= 0.3 is 12.1 Å². The van der Waals surface area contributed by atoms with E-state index < -0.39 is 42.0 Å². The van der Waals surface area contributed by atoms with E-state index in [-0.39, 0.29) is 25.8 Å². The van der Waals surface area contributed by atoms with E-state index in [4.69, 9.17) is 5.11 Å². The fraction of sp³-hybridized carbons (Fsp3) is 0.727. The van der Waals surface area contributed by atoms with Crippen LogP contribution in [0.25, 0.3) is 0 Å². The van der Waals surface area contributed by atoms with Crippen molar-refractivity contribution in [1.29, 1.82) is 0 Å². The normalized spacial score (nSPS) is 24.6. The minimum absolute atomic E-state index is 0.0519. The summed E-state index contributed by atoms with van der Waals surface area (Å²) in [6.07, 6.45) is -4.08. The maximum atomic E-state index is 12.2. The molecule has 1 aliphatic heterocycles. The molecule has 0 spiro atoms. The Bertz CT molecular complexity index is 459. The van der Waals surface area contributed by atoms with Gasteiger partial charge in [0.1, 0.15) is 18.0 Å². The number of hydrogen-bond donors (Lipinski definition) is 2. The number of likely N-dealkylation sites (tertiary alicyclic amines) is 1. The van der Waals surface area contributed by atoms with Crippen LogP contribution in [0.3, 0.4) is 0 Å². The number of carbonyl (C=O) groups is 3. The van der Waals surface area contributed by atoms with Crippen molar-refractivity contribution in [3.8, 4) is 0 Å². The first-order valence-electron chi connectivity index (χ1n) is 6.06. The first kappa shape index (κ1) is 14.6. The molecule has 1 saturated heterocycles. The fourth-order valence-electron chi connectivity index (χ4n) is 2.21. The van der Waals surface area contributed by atoms with Crippen molar-refractivity contribution < 1.29 is 32.7 Å². The number of alkyl halides is 3. The summed E-state index contributed by atoms with van der Waals surface area (Å²) in [7, 11) is 0. The lowest BCUT2D eigenvalue weighted by Crippen LogP contribution is -2.47. The smallest absolute Gasteiger partial charge is 0.406 e. The van der Waals surface area contributed by atoms with Crippen molar-refractivity contribution in [3.63, 3.8) is 0 Å². The number of carboxylic acid groups (broad SMARTS) is 1. The molecule has 0 aromatic carbocycles. The SMILES string of the molecule is O=C1[C@H](NC(=O)C2(C(=O)O)CC2)CCN1CC(F)(F)F. The van der Waals surface area contributed by atoms with Gasteiger partial charge in [-0.3, -0.25) is 14.4 Å². The summed E-state index contributed by atoms with van der Waals surface area (Å²) >= 11 is 0. The van der Waals surface area contributed by atoms with Crippen molar-refractivity contribution >= 4 is 17.8 Å². The van der Waals surface area contributed by atoms with Gasteiger partial charge in [-0.1, -0.05) is 0 Å². The molecule has 20 heavy (non-hydrogen) atoms. The quantitative estimate of drug-likeness (QED) is 0.722. The monoisotopic (exact) mass is 294 g/mol. The van der Waals surface area contributed by atoms with Gasteiger partial charge in [-0.05, 0) is 19.3 Å². The molecular formula is C11H13F3N2O4. The van der Waals surface area contributed by atoms with Gasteiger partial charge in [0.05, 0.1) is 0 Å². The third-order valence-electron chi connectivity index (χ3n) is 3.57. The van der Waals surface area contributed by atoms with Crippen LogP contribution in [0.5, 0.6) is 0 Å². The van der Waals surface area contributed by atoms with Crippen LogP contribution < -0.4 is 5.32 Å². The van der Waals surface area contributed by atoms with Crippen LogP contribution in [0.15, 0.2) is 0 Å². The number of hydrogen-bond acceptors (Lipinski definition) is 3. The highest BCUT2D eigenvalue weighted by Crippen LogP contribution is 2.46. The summed E-state index contributed by atoms with van der Waals surface area (Å²) < 4.78 is 36.6. The fourth-order valence-corrected chi connectivity index (χ4v) is 2.21. The lowest BCUT2D eigenvalue weighted by Gasteiger charge is -2.19. The summed E-state index contributed by atoms with van der Waals surface area (Å²) in [5.41, 5.74) is -1.50. The Hall–Kier alpha value is -1.80. The standard InChI is InChI=1S/C11H13F3N2O4/c12-11(13,14)5-16-4-1-6(7(16)17)15-8(18)10(2-3-10)9(19)20/h6H,1-5H2,(H,15,18)(H,19,20)/t6-/m1/s1. The number of rotatable bonds is 4. The van der Waals surface area contributed by atoms with E-state index in [9.17, 15) is 27.6 Å². The van der Waals surface area contributed by atoms with Crippen molar-refractivity contribution in [1.82, 2.24) is 10.2 Å². The largest absolute Gasteiger partial charge is 0.480 e. The summed E-state index contributed by atoms with van der Waals surface area (Å²) in [6, 6.07) is -1.07. The van der Waals surface area contributed by atoms with Gasteiger partial charge < -0.3 is 15.3 Å². The third kappa shape index (κ3) is 2.70. The molecule has 6 nitrogen and oxygen atoms in total. The average molecular weight is 294 g/mol. The second-order valence-corrected chi connectivity index (χ2v) is 5.08. The second kappa shape index (κ2) is 4.64. The van der Waals surface area contributed by atoms with E-state index in [1.54, 1.807) is 0 Å². The Morgan fingerprint density at radius 1 is 1.40 bits per heavy atom. The number of aliphatic carboxylic acids is 1. The Balaban J connectivity index is 1.94. The predicted octanol–water partition coefficient (Wildman–Crippen LogP) is 0.131. The van der Waals surface area contributed by atoms with Gasteiger partial charge in [0.2, 0.25) is 11.8 Å². The molecule has 2 rings (SSSR count). The summed E-state index contributed by atoms with van der Waals surface area (Å²) in [5.74, 6) is -2.89. The third-order valence-corrected chi connectivity index (χ3v) is 3.57. The molecule has 0 bridgehead atoms. The molecule has 0 aromatic heterocycles. The average Bonchev–Trinajstić information content (AvgIpc) is 3.06. The highest BCUT2D eigenvalue weighted by molar-refractivity contribution is 6.06. The van der Waals surface area contributed by atoms with Gasteiger partial charge in [-0.2, -0.15) is 13.2 Å². The number of nitrogens with one attached hydrogen (secondary N) is 1. The van der Waals surface area contributed by atoms with Crippen LogP contribution in [0.2, 0.25) is 0 Å². The first-order chi connectivity index (χ1) is 9.16. The molecule has 1 saturated carbocycles. The molecule has 1 atom stereocenters. The molecule has 2 amide bonds. The molecule has 1 heterocycles. The number of carboxylic acids is 1. The van der Waals surface area contributed by atoms with Gasteiger partial charge in [0, 0.05) is 6.54 Å². The van der Waals surface area contributed by atoms with Crippen LogP contribution in [0.1, 0.15) is 19.3 Å². The Morgan fingerprint density at radius 2 is 2.00 bits per heavy atom. The molecule has 0 unspecified atom stereocenters. The van der Waals surface area contributed by atoms with Crippen LogP contribution in [-0.4, -0.2) is 53.1 Å². The van der Waals surface area contributed by atoms with Crippen LogP contribution in [0, 0.1) is 5.41 Å². The second-order valence-electron chi connectivity index (χ2n) is 5.08. The Labute approximate surface area is 111 Å². The van der Waals surface area contributed by atoms with Gasteiger partial charge in [0.15, 0.2) is 0 Å². The van der Waals surface area contributed by atoms with E-state index in [0.29, 0.717) is 4.90 Å². The molecule has 9 heteroatoms. The molecule has 2 aliphatic rings. The maximum Gasteiger partial charge on any atom is 0.406 e. The zero-order valence-corrected chi connectivity index (χ0v) is 10.4. The molecule has 2 fully saturated rings. The number of amides is 2. The minimum Gasteiger partial charge on any atom is -0.480 e. The van der Waals surface area contributed by atoms with Crippen molar-refractivity contribution in [3.05, 3.63) is 0 Å². The molecule has 0 aromatic rings. The van der Waals surface area contributed by atoms with E-state index in [1.165, 1.54) is 0 Å². The zero-order chi connectivity index (χ0) is 15.1. The zero-order valence-electron chi connectivity index (χ0n) is 10.4. The summed E-state index contributed by atoms with van der Waals surface area (Å²) in [6.45, 7) is -1.47. The van der Waals surface area contributed by atoms with Crippen LogP contribution in [-0.2, 0) is 14.4 Å². The van der Waals surface area contributed by atoms with Gasteiger partial charge in [-0.25, -0.2) is 0 Å². The number of nitrogens with zero attached hydrogens (tertiary/aromatic N) is 1. The van der Waals surface area contributed by atoms with Gasteiger partial charge in [-0.15, -0.1) is 0 Å². The van der Waals surface area contributed by atoms with Crippen LogP contribution >= 0.6 is 0 Å². The predicted molar refractivity (Wildman–Crippen MR) is 58.5 cm³/mol. The van der Waals surface area contributed by atoms with Crippen LogP contribution in [0.4, 0.5) is 13.2 Å². The van der Waals surface area contributed by atoms with Gasteiger partial charge in [0.25, 0.3) is 0 Å². The minimum atomic E-state index is -4.49. The lowest BCUT2D eigenvalue weighted by molar-refractivity contribution is -0.158. The molecule has 2 N–H and O–H groups in total. The summed E-state index contributed by atoms with van der Waals surface area (Å²) in [4.78, 5) is 35.0. The van der Waals surface area contributed by atoms with Crippen molar-refractivity contribution in [2.45, 2.75) is 31.5 Å². The molecule has 112 valence electrons.